The number of nitrogens with zero attached hydrogens (tertiary/aromatic N) is 1. The van der Waals surface area contributed by atoms with E-state index in [1.165, 1.54) is 16.7 Å². The number of ether oxygens (including phenoxy) is 2. The van der Waals surface area contributed by atoms with Crippen molar-refractivity contribution < 1.29 is 19.1 Å². The summed E-state index contributed by atoms with van der Waals surface area (Å²) in [5, 5.41) is 2.96. The maximum Gasteiger partial charge on any atom is 0.227 e. The van der Waals surface area contributed by atoms with Crippen LogP contribution in [0.2, 0.25) is 0 Å². The van der Waals surface area contributed by atoms with E-state index in [-0.39, 0.29) is 35.9 Å². The first-order chi connectivity index (χ1) is 17.1. The fourth-order valence-electron chi connectivity index (χ4n) is 4.38. The Morgan fingerprint density at radius 3 is 2.22 bits per heavy atom. The maximum atomic E-state index is 13.3. The summed E-state index contributed by atoms with van der Waals surface area (Å²) in [5.74, 6) is -0.140. The average Bonchev–Trinajstić information content (AvgIpc) is 2.83. The van der Waals surface area contributed by atoms with Gasteiger partial charge in [0.1, 0.15) is 0 Å². The van der Waals surface area contributed by atoms with Gasteiger partial charge in [0.2, 0.25) is 11.8 Å². The second-order valence-electron chi connectivity index (χ2n) is 10.8. The molecule has 2 aromatic carbocycles. The third kappa shape index (κ3) is 8.17. The number of rotatable bonds is 11. The monoisotopic (exact) mass is 494 g/mol. The fourth-order valence-corrected chi connectivity index (χ4v) is 4.38. The van der Waals surface area contributed by atoms with Crippen LogP contribution in [-0.2, 0) is 38.4 Å². The van der Waals surface area contributed by atoms with Crippen LogP contribution in [0, 0.1) is 0 Å². The number of nitrogens with one attached hydrogen (secondary N) is 1. The molecule has 0 bridgehead atoms. The Hall–Kier alpha value is -2.70. The number of carbonyl (C=O) groups is 2. The van der Waals surface area contributed by atoms with Crippen molar-refractivity contribution in [3.63, 3.8) is 0 Å². The van der Waals surface area contributed by atoms with Crippen LogP contribution in [0.4, 0.5) is 5.69 Å². The molecule has 0 unspecified atom stereocenters. The zero-order valence-corrected chi connectivity index (χ0v) is 22.6. The highest BCUT2D eigenvalue weighted by molar-refractivity contribution is 5.96. The van der Waals surface area contributed by atoms with E-state index in [4.69, 9.17) is 9.47 Å². The van der Waals surface area contributed by atoms with Crippen LogP contribution in [0.15, 0.2) is 48.5 Å². The van der Waals surface area contributed by atoms with Crippen LogP contribution in [0.5, 0.6) is 0 Å². The van der Waals surface area contributed by atoms with Gasteiger partial charge >= 0.3 is 0 Å². The highest BCUT2D eigenvalue weighted by Crippen LogP contribution is 2.29. The smallest absolute Gasteiger partial charge is 0.227 e. The highest BCUT2D eigenvalue weighted by Gasteiger charge is 2.24. The number of fused-ring (bicyclic) bond motifs is 2. The standard InChI is InChI=1S/C30H42N2O4/c1-29(2,35-5)19-21-36-30(3,4)18-20-31-27(33)16-17-28(34)32-22-25-12-7-6-10-23(25)14-15-24-11-8-9-13-26(24)32/h6-13H,14-22H2,1-5H3,(H,31,33). The Kier molecular flexibility index (Phi) is 9.69. The Morgan fingerprint density at radius 2 is 1.50 bits per heavy atom. The van der Waals surface area contributed by atoms with E-state index >= 15 is 0 Å². The average molecular weight is 495 g/mol. The molecule has 0 aliphatic carbocycles. The molecule has 2 aromatic rings. The van der Waals surface area contributed by atoms with Gasteiger partial charge in [0, 0.05) is 32.2 Å². The molecule has 0 fully saturated rings. The molecule has 1 aliphatic rings. The minimum atomic E-state index is -0.353. The van der Waals surface area contributed by atoms with Crippen LogP contribution >= 0.6 is 0 Å². The topological polar surface area (TPSA) is 67.9 Å². The minimum absolute atomic E-state index is 0.0290. The third-order valence-corrected chi connectivity index (χ3v) is 7.06. The molecule has 0 aromatic heterocycles. The Labute approximate surface area is 216 Å². The molecule has 0 radical (unpaired) electrons. The molecule has 0 atom stereocenters. The minimum Gasteiger partial charge on any atom is -0.379 e. The number of anilines is 1. The van der Waals surface area contributed by atoms with Gasteiger partial charge < -0.3 is 19.7 Å². The van der Waals surface area contributed by atoms with E-state index in [2.05, 4.69) is 29.6 Å². The van der Waals surface area contributed by atoms with Gasteiger partial charge in [0.15, 0.2) is 0 Å². The molecule has 6 nitrogen and oxygen atoms in total. The Bertz CT molecular complexity index is 1030. The molecular weight excluding hydrogens is 452 g/mol. The summed E-state index contributed by atoms with van der Waals surface area (Å²) in [7, 11) is 1.71. The number of benzene rings is 2. The number of carbonyl (C=O) groups excluding carboxylic acids is 2. The fraction of sp³-hybridized carbons (Fsp3) is 0.533. The maximum absolute atomic E-state index is 13.3. The lowest BCUT2D eigenvalue weighted by Gasteiger charge is -2.29. The van der Waals surface area contributed by atoms with Gasteiger partial charge in [-0.1, -0.05) is 42.5 Å². The van der Waals surface area contributed by atoms with Crippen LogP contribution in [0.1, 0.15) is 70.1 Å². The molecule has 1 N–H and O–H groups in total. The molecule has 3 rings (SSSR count). The largest absolute Gasteiger partial charge is 0.379 e. The summed E-state index contributed by atoms with van der Waals surface area (Å²) >= 11 is 0. The van der Waals surface area contributed by atoms with Gasteiger partial charge in [-0.25, -0.2) is 0 Å². The van der Waals surface area contributed by atoms with Gasteiger partial charge in [0.05, 0.1) is 24.4 Å². The summed E-state index contributed by atoms with van der Waals surface area (Å²) in [6, 6.07) is 16.4. The van der Waals surface area contributed by atoms with Crippen molar-refractivity contribution in [3.05, 3.63) is 65.2 Å². The van der Waals surface area contributed by atoms with E-state index in [0.29, 0.717) is 26.1 Å². The van der Waals surface area contributed by atoms with Gasteiger partial charge in [-0.05, 0) is 76.1 Å². The van der Waals surface area contributed by atoms with Crippen molar-refractivity contribution in [1.82, 2.24) is 5.32 Å². The lowest BCUT2D eigenvalue weighted by Crippen LogP contribution is -2.36. The van der Waals surface area contributed by atoms with Gasteiger partial charge in [0.25, 0.3) is 0 Å². The molecule has 196 valence electrons. The van der Waals surface area contributed by atoms with E-state index in [1.54, 1.807) is 7.11 Å². The van der Waals surface area contributed by atoms with Crippen molar-refractivity contribution in [1.29, 1.82) is 0 Å². The number of amides is 2. The van der Waals surface area contributed by atoms with Crippen molar-refractivity contribution in [3.8, 4) is 0 Å². The SMILES string of the molecule is COC(C)(C)CCOC(C)(C)CCNC(=O)CCC(=O)N1Cc2ccccc2CCc2ccccc21. The molecule has 0 saturated carbocycles. The molecule has 1 heterocycles. The van der Waals surface area contributed by atoms with E-state index in [1.807, 2.05) is 56.9 Å². The summed E-state index contributed by atoms with van der Waals surface area (Å²) in [6.45, 7) is 9.76. The quantitative estimate of drug-likeness (QED) is 0.465. The number of methoxy groups -OCH3 is 1. The summed E-state index contributed by atoms with van der Waals surface area (Å²) in [5.41, 5.74) is 3.99. The number of hydrogen-bond acceptors (Lipinski definition) is 4. The van der Waals surface area contributed by atoms with Gasteiger partial charge in [-0.2, -0.15) is 0 Å². The molecular formula is C30H42N2O4. The lowest BCUT2D eigenvalue weighted by atomic mass is 9.95. The summed E-state index contributed by atoms with van der Waals surface area (Å²) in [6.07, 6.45) is 3.68. The zero-order chi connectivity index (χ0) is 26.2. The van der Waals surface area contributed by atoms with E-state index < -0.39 is 0 Å². The van der Waals surface area contributed by atoms with Crippen LogP contribution < -0.4 is 10.2 Å². The second kappa shape index (κ2) is 12.5. The number of hydrogen-bond donors (Lipinski definition) is 1. The van der Waals surface area contributed by atoms with Crippen LogP contribution in [0.25, 0.3) is 0 Å². The van der Waals surface area contributed by atoms with E-state index in [0.717, 1.165) is 24.9 Å². The number of aryl methyl sites for hydroxylation is 2. The van der Waals surface area contributed by atoms with Gasteiger partial charge in [-0.15, -0.1) is 0 Å². The molecule has 0 saturated heterocycles. The van der Waals surface area contributed by atoms with Crippen molar-refractivity contribution in [2.75, 3.05) is 25.2 Å². The summed E-state index contributed by atoms with van der Waals surface area (Å²) < 4.78 is 11.5. The molecule has 2 amide bonds. The first-order valence-corrected chi connectivity index (χ1v) is 13.0. The normalized spacial score (nSPS) is 13.9. The second-order valence-corrected chi connectivity index (χ2v) is 10.8. The van der Waals surface area contributed by atoms with Gasteiger partial charge in [-0.3, -0.25) is 9.59 Å². The summed E-state index contributed by atoms with van der Waals surface area (Å²) in [4.78, 5) is 27.7. The molecule has 36 heavy (non-hydrogen) atoms. The van der Waals surface area contributed by atoms with Crippen molar-refractivity contribution >= 4 is 17.5 Å². The molecule has 6 heteroatoms. The Morgan fingerprint density at radius 1 is 0.861 bits per heavy atom. The van der Waals surface area contributed by atoms with E-state index in [9.17, 15) is 9.59 Å². The molecule has 1 aliphatic heterocycles. The molecule has 0 spiro atoms. The Balaban J connectivity index is 1.50. The van der Waals surface area contributed by atoms with Crippen LogP contribution in [-0.4, -0.2) is 43.3 Å². The zero-order valence-electron chi connectivity index (χ0n) is 22.6. The van der Waals surface area contributed by atoms with Crippen molar-refractivity contribution in [2.45, 2.75) is 84.0 Å². The predicted octanol–water partition coefficient (Wildman–Crippen LogP) is 5.22. The lowest BCUT2D eigenvalue weighted by molar-refractivity contribution is -0.125. The van der Waals surface area contributed by atoms with Crippen molar-refractivity contribution in [2.24, 2.45) is 0 Å². The predicted molar refractivity (Wildman–Crippen MR) is 144 cm³/mol. The number of para-hydroxylation sites is 1. The van der Waals surface area contributed by atoms with Crippen LogP contribution in [0.3, 0.4) is 0 Å². The first-order valence-electron chi connectivity index (χ1n) is 13.0. The third-order valence-electron chi connectivity index (χ3n) is 7.06. The highest BCUT2D eigenvalue weighted by atomic mass is 16.5. The first kappa shape index (κ1) is 27.9.